The van der Waals surface area contributed by atoms with E-state index in [1.807, 2.05) is 7.05 Å². The van der Waals surface area contributed by atoms with Gasteiger partial charge in [-0.3, -0.25) is 0 Å². The second-order valence-electron chi connectivity index (χ2n) is 9.45. The maximum atomic E-state index is 6.64. The quantitative estimate of drug-likeness (QED) is 0.385. The van der Waals surface area contributed by atoms with Gasteiger partial charge in [-0.1, -0.05) is 37.8 Å². The van der Waals surface area contributed by atoms with Crippen LogP contribution in [0.25, 0.3) is 0 Å². The van der Waals surface area contributed by atoms with E-state index in [-0.39, 0.29) is 5.60 Å². The minimum atomic E-state index is -0.424. The molecule has 170 valence electrons. The standard InChI is InChI=1S/C26H39N3O2/c1-4-14-28-15-6-7-21-9-11-22(12-10-21)23-8-5-13-26(18-23)30-19-25(31-26)16-24(17-25)20(2)29-27-3/h9-12,16,23,27-29H,2,4-8,13-15,17-19H2,1,3H3. The first-order valence-electron chi connectivity index (χ1n) is 12.0. The molecule has 2 aliphatic carbocycles. The van der Waals surface area contributed by atoms with Gasteiger partial charge in [-0.2, -0.15) is 0 Å². The average Bonchev–Trinajstić information content (AvgIpc) is 3.12. The monoisotopic (exact) mass is 425 g/mol. The van der Waals surface area contributed by atoms with Crippen LogP contribution < -0.4 is 16.2 Å². The molecule has 2 spiro atoms. The molecule has 5 heteroatoms. The zero-order valence-electron chi connectivity index (χ0n) is 19.3. The van der Waals surface area contributed by atoms with Crippen molar-refractivity contribution in [3.05, 3.63) is 59.3 Å². The number of hydrazine groups is 1. The lowest BCUT2D eigenvalue weighted by Gasteiger charge is -2.41. The van der Waals surface area contributed by atoms with Crippen LogP contribution in [0.4, 0.5) is 0 Å². The summed E-state index contributed by atoms with van der Waals surface area (Å²) in [5.41, 5.74) is 10.7. The topological polar surface area (TPSA) is 54.5 Å². The van der Waals surface area contributed by atoms with Gasteiger partial charge in [0.25, 0.3) is 0 Å². The first kappa shape index (κ1) is 22.5. The van der Waals surface area contributed by atoms with Crippen molar-refractivity contribution in [2.45, 2.75) is 75.6 Å². The van der Waals surface area contributed by atoms with Crippen LogP contribution in [0.15, 0.2) is 48.2 Å². The van der Waals surface area contributed by atoms with Crippen molar-refractivity contribution in [2.75, 3.05) is 26.7 Å². The molecule has 1 aliphatic heterocycles. The van der Waals surface area contributed by atoms with Crippen LogP contribution >= 0.6 is 0 Å². The molecule has 3 aliphatic rings. The molecule has 1 saturated carbocycles. The number of nitrogens with one attached hydrogen (secondary N) is 3. The Morgan fingerprint density at radius 1 is 1.23 bits per heavy atom. The lowest BCUT2D eigenvalue weighted by Crippen LogP contribution is -2.44. The number of allylic oxidation sites excluding steroid dienone is 1. The Labute approximate surface area is 187 Å². The molecule has 4 rings (SSSR count). The third-order valence-electron chi connectivity index (χ3n) is 6.92. The minimum absolute atomic E-state index is 0.259. The zero-order chi connectivity index (χ0) is 21.7. The number of benzene rings is 1. The predicted octanol–water partition coefficient (Wildman–Crippen LogP) is 4.33. The Balaban J connectivity index is 1.32. The normalized spacial score (nSPS) is 29.7. The molecular weight excluding hydrogens is 386 g/mol. The van der Waals surface area contributed by atoms with E-state index in [2.05, 4.69) is 60.0 Å². The van der Waals surface area contributed by atoms with Gasteiger partial charge in [0.05, 0.1) is 6.61 Å². The van der Waals surface area contributed by atoms with Crippen LogP contribution in [0, 0.1) is 0 Å². The second kappa shape index (κ2) is 9.86. The molecule has 1 aromatic rings. The molecule has 0 radical (unpaired) electrons. The van der Waals surface area contributed by atoms with E-state index in [0.717, 1.165) is 50.9 Å². The van der Waals surface area contributed by atoms with Gasteiger partial charge >= 0.3 is 0 Å². The van der Waals surface area contributed by atoms with Crippen molar-refractivity contribution in [1.29, 1.82) is 0 Å². The summed E-state index contributed by atoms with van der Waals surface area (Å²) in [6.07, 6.45) is 10.9. The smallest absolute Gasteiger partial charge is 0.170 e. The highest BCUT2D eigenvalue weighted by Crippen LogP contribution is 2.52. The molecule has 2 fully saturated rings. The summed E-state index contributed by atoms with van der Waals surface area (Å²) < 4.78 is 13.0. The van der Waals surface area contributed by atoms with Crippen LogP contribution in [0.5, 0.6) is 0 Å². The summed E-state index contributed by atoms with van der Waals surface area (Å²) >= 11 is 0. The lowest BCUT2D eigenvalue weighted by atomic mass is 9.79. The molecule has 1 saturated heterocycles. The molecule has 3 unspecified atom stereocenters. The van der Waals surface area contributed by atoms with Crippen LogP contribution in [0.2, 0.25) is 0 Å². The highest BCUT2D eigenvalue weighted by molar-refractivity contribution is 5.41. The van der Waals surface area contributed by atoms with E-state index < -0.39 is 5.79 Å². The lowest BCUT2D eigenvalue weighted by molar-refractivity contribution is -0.203. The SMILES string of the molecule is C=C(NNC)C1=CC2(COC3(CCCC(c4ccc(CCCNCCC)cc4)C3)O2)C1. The summed E-state index contributed by atoms with van der Waals surface area (Å²) in [5, 5.41) is 3.48. The Morgan fingerprint density at radius 3 is 2.77 bits per heavy atom. The zero-order valence-corrected chi connectivity index (χ0v) is 19.3. The van der Waals surface area contributed by atoms with Crippen molar-refractivity contribution < 1.29 is 9.47 Å². The highest BCUT2D eigenvalue weighted by atomic mass is 16.8. The van der Waals surface area contributed by atoms with E-state index in [0.29, 0.717) is 12.5 Å². The Bertz CT molecular complexity index is 790. The largest absolute Gasteiger partial charge is 0.346 e. The molecule has 1 heterocycles. The minimum Gasteiger partial charge on any atom is -0.346 e. The van der Waals surface area contributed by atoms with Gasteiger partial charge < -0.3 is 20.2 Å². The van der Waals surface area contributed by atoms with Crippen LogP contribution in [-0.2, 0) is 15.9 Å². The van der Waals surface area contributed by atoms with Gasteiger partial charge in [0, 0.05) is 32.0 Å². The Hall–Kier alpha value is -1.66. The molecule has 1 aromatic carbocycles. The molecule has 3 N–H and O–H groups in total. The van der Waals surface area contributed by atoms with Crippen molar-refractivity contribution >= 4 is 0 Å². The fourth-order valence-electron chi connectivity index (χ4n) is 5.26. The number of ether oxygens (including phenoxy) is 2. The first-order chi connectivity index (χ1) is 15.1. The predicted molar refractivity (Wildman–Crippen MR) is 126 cm³/mol. The van der Waals surface area contributed by atoms with Gasteiger partial charge in [-0.15, -0.1) is 0 Å². The van der Waals surface area contributed by atoms with Crippen molar-refractivity contribution in [2.24, 2.45) is 0 Å². The highest BCUT2D eigenvalue weighted by Gasteiger charge is 2.54. The number of rotatable bonds is 10. The molecular formula is C26H39N3O2. The summed E-state index contributed by atoms with van der Waals surface area (Å²) in [5.74, 6) is 0.0837. The van der Waals surface area contributed by atoms with Gasteiger partial charge in [0.1, 0.15) is 5.60 Å². The molecule has 3 atom stereocenters. The average molecular weight is 426 g/mol. The van der Waals surface area contributed by atoms with Crippen molar-refractivity contribution in [3.63, 3.8) is 0 Å². The molecule has 0 bridgehead atoms. The van der Waals surface area contributed by atoms with E-state index in [1.54, 1.807) is 0 Å². The Morgan fingerprint density at radius 2 is 2.03 bits per heavy atom. The number of aryl methyl sites for hydroxylation is 1. The van der Waals surface area contributed by atoms with Gasteiger partial charge in [0.15, 0.2) is 5.79 Å². The first-order valence-corrected chi connectivity index (χ1v) is 12.0. The van der Waals surface area contributed by atoms with Crippen LogP contribution in [0.1, 0.15) is 68.9 Å². The molecule has 0 aromatic heterocycles. The van der Waals surface area contributed by atoms with E-state index in [1.165, 1.54) is 36.0 Å². The fourth-order valence-corrected chi connectivity index (χ4v) is 5.26. The maximum absolute atomic E-state index is 6.64. The maximum Gasteiger partial charge on any atom is 0.170 e. The molecule has 31 heavy (non-hydrogen) atoms. The van der Waals surface area contributed by atoms with Crippen molar-refractivity contribution in [3.8, 4) is 0 Å². The molecule has 5 nitrogen and oxygen atoms in total. The van der Waals surface area contributed by atoms with Gasteiger partial charge in [0.2, 0.25) is 0 Å². The summed E-state index contributed by atoms with van der Waals surface area (Å²) in [4.78, 5) is 0. The summed E-state index contributed by atoms with van der Waals surface area (Å²) in [6.45, 7) is 9.16. The summed E-state index contributed by atoms with van der Waals surface area (Å²) in [7, 11) is 1.85. The van der Waals surface area contributed by atoms with Crippen molar-refractivity contribution in [1.82, 2.24) is 16.2 Å². The van der Waals surface area contributed by atoms with Crippen LogP contribution in [0.3, 0.4) is 0 Å². The number of hydrogen-bond donors (Lipinski definition) is 3. The second-order valence-corrected chi connectivity index (χ2v) is 9.45. The third-order valence-corrected chi connectivity index (χ3v) is 6.92. The summed E-state index contributed by atoms with van der Waals surface area (Å²) in [6, 6.07) is 9.29. The Kier molecular flexibility index (Phi) is 7.17. The van der Waals surface area contributed by atoms with E-state index >= 15 is 0 Å². The van der Waals surface area contributed by atoms with Gasteiger partial charge in [-0.05, 0) is 73.9 Å². The van der Waals surface area contributed by atoms with Crippen LogP contribution in [-0.4, -0.2) is 38.1 Å². The fraction of sp³-hybridized carbons (Fsp3) is 0.615. The van der Waals surface area contributed by atoms with Gasteiger partial charge in [-0.25, -0.2) is 5.43 Å². The van der Waals surface area contributed by atoms with E-state index in [4.69, 9.17) is 9.47 Å². The van der Waals surface area contributed by atoms with E-state index in [9.17, 15) is 0 Å². The molecule has 0 amide bonds. The number of hydrogen-bond acceptors (Lipinski definition) is 5. The third kappa shape index (κ3) is 5.23.